The highest BCUT2D eigenvalue weighted by molar-refractivity contribution is 8.00. The fourth-order valence-corrected chi connectivity index (χ4v) is 3.28. The van der Waals surface area contributed by atoms with Crippen LogP contribution in [0, 0.1) is 11.6 Å². The zero-order chi connectivity index (χ0) is 19.4. The van der Waals surface area contributed by atoms with E-state index < -0.39 is 5.25 Å². The third kappa shape index (κ3) is 4.51. The van der Waals surface area contributed by atoms with Crippen LogP contribution >= 0.6 is 11.8 Å². The zero-order valence-corrected chi connectivity index (χ0v) is 15.6. The fraction of sp³-hybridized carbons (Fsp3) is 0.211. The van der Waals surface area contributed by atoms with E-state index in [9.17, 15) is 13.6 Å². The molecule has 3 rings (SSSR count). The number of carbonyl (C=O) groups is 1. The van der Waals surface area contributed by atoms with Gasteiger partial charge in [-0.3, -0.25) is 4.79 Å². The first kappa shape index (κ1) is 19.0. The van der Waals surface area contributed by atoms with Crippen molar-refractivity contribution in [2.45, 2.75) is 23.9 Å². The van der Waals surface area contributed by atoms with Gasteiger partial charge in [-0.1, -0.05) is 36.0 Å². The summed E-state index contributed by atoms with van der Waals surface area (Å²) in [6.07, 6.45) is 0. The van der Waals surface area contributed by atoms with Gasteiger partial charge in [-0.15, -0.1) is 10.2 Å². The summed E-state index contributed by atoms with van der Waals surface area (Å²) in [6.45, 7) is 2.06. The first-order valence-corrected chi connectivity index (χ1v) is 9.17. The lowest BCUT2D eigenvalue weighted by molar-refractivity contribution is -0.120. The molecule has 1 atom stereocenters. The van der Waals surface area contributed by atoms with Crippen LogP contribution in [0.25, 0.3) is 11.4 Å². The molecular weight excluding hydrogens is 370 g/mol. The molecule has 1 amide bonds. The van der Waals surface area contributed by atoms with Crippen molar-refractivity contribution in [1.29, 1.82) is 0 Å². The van der Waals surface area contributed by atoms with E-state index >= 15 is 0 Å². The molecule has 27 heavy (non-hydrogen) atoms. The minimum Gasteiger partial charge on any atom is -0.351 e. The summed E-state index contributed by atoms with van der Waals surface area (Å²) in [7, 11) is 1.73. The Morgan fingerprint density at radius 2 is 1.85 bits per heavy atom. The van der Waals surface area contributed by atoms with Gasteiger partial charge in [-0.05, 0) is 36.8 Å². The Kier molecular flexibility index (Phi) is 5.85. The Morgan fingerprint density at radius 1 is 1.15 bits per heavy atom. The molecule has 1 aromatic heterocycles. The minimum atomic E-state index is -0.429. The highest BCUT2D eigenvalue weighted by Crippen LogP contribution is 2.27. The quantitative estimate of drug-likeness (QED) is 0.656. The minimum absolute atomic E-state index is 0.181. The molecule has 3 aromatic rings. The van der Waals surface area contributed by atoms with Crippen molar-refractivity contribution in [3.63, 3.8) is 0 Å². The van der Waals surface area contributed by atoms with Gasteiger partial charge >= 0.3 is 0 Å². The predicted molar refractivity (Wildman–Crippen MR) is 100.0 cm³/mol. The van der Waals surface area contributed by atoms with Crippen LogP contribution < -0.4 is 5.32 Å². The molecule has 140 valence electrons. The second-order valence-corrected chi connectivity index (χ2v) is 7.26. The van der Waals surface area contributed by atoms with E-state index in [1.54, 1.807) is 48.9 Å². The van der Waals surface area contributed by atoms with Gasteiger partial charge in [0.25, 0.3) is 0 Å². The zero-order valence-electron chi connectivity index (χ0n) is 14.8. The van der Waals surface area contributed by atoms with Crippen LogP contribution in [-0.2, 0) is 18.4 Å². The lowest BCUT2D eigenvalue weighted by Crippen LogP contribution is -2.30. The van der Waals surface area contributed by atoms with Gasteiger partial charge in [-0.25, -0.2) is 8.78 Å². The molecule has 1 N–H and O–H groups in total. The topological polar surface area (TPSA) is 59.8 Å². The summed E-state index contributed by atoms with van der Waals surface area (Å²) in [6, 6.07) is 12.3. The number of amides is 1. The average Bonchev–Trinajstić information content (AvgIpc) is 3.01. The number of aromatic nitrogens is 3. The summed E-state index contributed by atoms with van der Waals surface area (Å²) in [5.41, 5.74) is 1.16. The van der Waals surface area contributed by atoms with Gasteiger partial charge in [-0.2, -0.15) is 0 Å². The van der Waals surface area contributed by atoms with E-state index in [1.807, 2.05) is 0 Å². The molecule has 5 nitrogen and oxygen atoms in total. The van der Waals surface area contributed by atoms with E-state index in [4.69, 9.17) is 0 Å². The van der Waals surface area contributed by atoms with Crippen molar-refractivity contribution < 1.29 is 13.6 Å². The highest BCUT2D eigenvalue weighted by Gasteiger charge is 2.20. The third-order valence-corrected chi connectivity index (χ3v) is 5.12. The van der Waals surface area contributed by atoms with Crippen LogP contribution in [0.3, 0.4) is 0 Å². The largest absolute Gasteiger partial charge is 0.351 e. The van der Waals surface area contributed by atoms with Crippen LogP contribution in [0.1, 0.15) is 12.5 Å². The Balaban J connectivity index is 1.64. The Labute approximate surface area is 159 Å². The molecule has 1 heterocycles. The molecule has 0 fully saturated rings. The number of hydrogen-bond donors (Lipinski definition) is 1. The van der Waals surface area contributed by atoms with Crippen molar-refractivity contribution in [2.24, 2.45) is 7.05 Å². The van der Waals surface area contributed by atoms with Gasteiger partial charge in [0.15, 0.2) is 11.0 Å². The molecule has 8 heteroatoms. The molecule has 0 radical (unpaired) electrons. The molecule has 2 aromatic carbocycles. The van der Waals surface area contributed by atoms with E-state index in [-0.39, 0.29) is 17.5 Å². The molecular formula is C19H18F2N4OS. The normalized spacial score (nSPS) is 12.0. The maximum atomic E-state index is 14.0. The molecule has 0 aliphatic heterocycles. The first-order valence-electron chi connectivity index (χ1n) is 8.29. The molecule has 0 saturated carbocycles. The monoisotopic (exact) mass is 388 g/mol. The number of rotatable bonds is 6. The third-order valence-electron chi connectivity index (χ3n) is 3.98. The summed E-state index contributed by atoms with van der Waals surface area (Å²) in [4.78, 5) is 12.3. The van der Waals surface area contributed by atoms with Crippen LogP contribution in [0.5, 0.6) is 0 Å². The molecule has 0 saturated heterocycles. The lowest BCUT2D eigenvalue weighted by atomic mass is 10.2. The lowest BCUT2D eigenvalue weighted by Gasteiger charge is -2.12. The van der Waals surface area contributed by atoms with Gasteiger partial charge < -0.3 is 9.88 Å². The van der Waals surface area contributed by atoms with Crippen LogP contribution in [0.15, 0.2) is 53.7 Å². The Hall–Kier alpha value is -2.74. The van der Waals surface area contributed by atoms with Crippen molar-refractivity contribution >= 4 is 17.7 Å². The average molecular weight is 388 g/mol. The molecule has 0 aliphatic rings. The van der Waals surface area contributed by atoms with Gasteiger partial charge in [0.05, 0.1) is 10.8 Å². The highest BCUT2D eigenvalue weighted by atomic mass is 32.2. The number of hydrogen-bond acceptors (Lipinski definition) is 4. The first-order chi connectivity index (χ1) is 13.0. The maximum Gasteiger partial charge on any atom is 0.233 e. The van der Waals surface area contributed by atoms with Crippen molar-refractivity contribution in [2.75, 3.05) is 0 Å². The van der Waals surface area contributed by atoms with Crippen molar-refractivity contribution in [3.05, 3.63) is 65.7 Å². The number of nitrogens with zero attached hydrogens (tertiary/aromatic N) is 3. The summed E-state index contributed by atoms with van der Waals surface area (Å²) in [5.74, 6) is -0.481. The van der Waals surface area contributed by atoms with E-state index in [2.05, 4.69) is 15.5 Å². The van der Waals surface area contributed by atoms with Crippen molar-refractivity contribution in [3.8, 4) is 11.4 Å². The smallest absolute Gasteiger partial charge is 0.233 e. The van der Waals surface area contributed by atoms with Crippen LogP contribution in [-0.4, -0.2) is 25.9 Å². The number of nitrogens with one attached hydrogen (secondary N) is 1. The second-order valence-electron chi connectivity index (χ2n) is 5.95. The van der Waals surface area contributed by atoms with E-state index in [1.165, 1.54) is 30.0 Å². The number of benzene rings is 2. The van der Waals surface area contributed by atoms with Gasteiger partial charge in [0.1, 0.15) is 11.6 Å². The molecule has 0 bridgehead atoms. The summed E-state index contributed by atoms with van der Waals surface area (Å²) in [5, 5.41) is 11.0. The molecule has 0 spiro atoms. The Bertz CT molecular complexity index is 943. The summed E-state index contributed by atoms with van der Waals surface area (Å²) >= 11 is 1.23. The number of carbonyl (C=O) groups excluding carboxylic acids is 1. The number of thioether (sulfide) groups is 1. The second kappa shape index (κ2) is 8.30. The predicted octanol–water partition coefficient (Wildman–Crippen LogP) is 3.56. The van der Waals surface area contributed by atoms with Crippen LogP contribution in [0.4, 0.5) is 8.78 Å². The van der Waals surface area contributed by atoms with Crippen LogP contribution in [0.2, 0.25) is 0 Å². The summed E-state index contributed by atoms with van der Waals surface area (Å²) < 4.78 is 28.5. The van der Waals surface area contributed by atoms with Gasteiger partial charge in [0.2, 0.25) is 5.91 Å². The fourth-order valence-electron chi connectivity index (χ4n) is 2.44. The molecule has 0 aliphatic carbocycles. The SMILES string of the molecule is C[C@H](Sc1nnc(-c2ccccc2F)n1C)C(=O)NCc1ccc(F)cc1. The maximum absolute atomic E-state index is 14.0. The molecule has 0 unspecified atom stereocenters. The van der Waals surface area contributed by atoms with Crippen molar-refractivity contribution in [1.82, 2.24) is 20.1 Å². The number of halogens is 2. The Morgan fingerprint density at radius 3 is 2.56 bits per heavy atom. The van der Waals surface area contributed by atoms with Gasteiger partial charge in [0, 0.05) is 13.6 Å². The standard InChI is InChI=1S/C19H18F2N4OS/c1-12(18(26)22-11-13-7-9-14(20)10-8-13)27-19-24-23-17(25(19)2)15-5-3-4-6-16(15)21/h3-10,12H,11H2,1-2H3,(H,22,26)/t12-/m0/s1. The van der Waals surface area contributed by atoms with E-state index in [0.717, 1.165) is 5.56 Å². The van der Waals surface area contributed by atoms with E-state index in [0.29, 0.717) is 23.1 Å².